The van der Waals surface area contributed by atoms with Gasteiger partial charge in [-0.15, -0.1) is 0 Å². The van der Waals surface area contributed by atoms with Gasteiger partial charge in [0, 0.05) is 5.02 Å². The first kappa shape index (κ1) is 11.7. The molecule has 1 aliphatic rings. The van der Waals surface area contributed by atoms with Crippen molar-refractivity contribution in [2.45, 2.75) is 44.9 Å². The summed E-state index contributed by atoms with van der Waals surface area (Å²) < 4.78 is 0. The third kappa shape index (κ3) is 2.68. The fourth-order valence-electron chi connectivity index (χ4n) is 2.58. The first-order chi connectivity index (χ1) is 7.81. The Labute approximate surface area is 103 Å². The Morgan fingerprint density at radius 1 is 1.19 bits per heavy atom. The maximum atomic E-state index is 6.36. The molecule has 0 saturated heterocycles. The summed E-state index contributed by atoms with van der Waals surface area (Å²) in [6, 6.07) is 6.48. The maximum Gasteiger partial charge on any atom is 0.0446 e. The molecule has 0 nitrogen and oxygen atoms in total. The van der Waals surface area contributed by atoms with E-state index >= 15 is 0 Å². The van der Waals surface area contributed by atoms with Gasteiger partial charge in [0.15, 0.2) is 0 Å². The number of hydrogen-bond donors (Lipinski definition) is 0. The lowest BCUT2D eigenvalue weighted by molar-refractivity contribution is 0.444. The summed E-state index contributed by atoms with van der Waals surface area (Å²) in [5.41, 5.74) is 2.56. The Morgan fingerprint density at radius 3 is 2.56 bits per heavy atom. The minimum Gasteiger partial charge on any atom is -0.0871 e. The monoisotopic (exact) mass is 234 g/mol. The van der Waals surface area contributed by atoms with Gasteiger partial charge in [-0.2, -0.15) is 0 Å². The molecule has 0 heterocycles. The van der Waals surface area contributed by atoms with Crippen LogP contribution in [0.15, 0.2) is 24.3 Å². The van der Waals surface area contributed by atoms with Crippen molar-refractivity contribution in [1.29, 1.82) is 0 Å². The van der Waals surface area contributed by atoms with Crippen LogP contribution in [-0.2, 0) is 0 Å². The minimum atomic E-state index is 0.695. The predicted molar refractivity (Wildman–Crippen MR) is 72.0 cm³/mol. The molecule has 86 valence electrons. The zero-order valence-electron chi connectivity index (χ0n) is 9.88. The fourth-order valence-corrected chi connectivity index (χ4v) is 2.93. The van der Waals surface area contributed by atoms with Crippen molar-refractivity contribution in [2.75, 3.05) is 0 Å². The number of benzene rings is 1. The van der Waals surface area contributed by atoms with E-state index in [-0.39, 0.29) is 0 Å². The molecule has 1 saturated carbocycles. The molecule has 0 spiro atoms. The Morgan fingerprint density at radius 2 is 1.94 bits per heavy atom. The average molecular weight is 235 g/mol. The van der Waals surface area contributed by atoms with Crippen LogP contribution in [0.4, 0.5) is 0 Å². The standard InChI is InChI=1S/C15H19Cl/c1-2-6-12-9-10-14(15(16)11-12)13-7-4-3-5-8-13/h2,6,9-11,13H,3-5,7-8H2,1H3. The van der Waals surface area contributed by atoms with E-state index < -0.39 is 0 Å². The van der Waals surface area contributed by atoms with Gasteiger partial charge in [-0.05, 0) is 42.9 Å². The second kappa shape index (κ2) is 5.54. The molecule has 2 rings (SSSR count). The molecule has 0 radical (unpaired) electrons. The highest BCUT2D eigenvalue weighted by molar-refractivity contribution is 6.31. The van der Waals surface area contributed by atoms with Crippen LogP contribution in [0.1, 0.15) is 56.1 Å². The molecule has 0 unspecified atom stereocenters. The van der Waals surface area contributed by atoms with Crippen molar-refractivity contribution < 1.29 is 0 Å². The van der Waals surface area contributed by atoms with E-state index in [0.29, 0.717) is 5.92 Å². The largest absolute Gasteiger partial charge is 0.0871 e. The molecule has 1 aromatic rings. The Balaban J connectivity index is 2.21. The number of halogens is 1. The van der Waals surface area contributed by atoms with Crippen LogP contribution >= 0.6 is 11.6 Å². The number of rotatable bonds is 2. The van der Waals surface area contributed by atoms with Crippen molar-refractivity contribution in [1.82, 2.24) is 0 Å². The molecule has 0 bridgehead atoms. The molecule has 16 heavy (non-hydrogen) atoms. The Hall–Kier alpha value is -0.750. The lowest BCUT2D eigenvalue weighted by Gasteiger charge is -2.23. The number of hydrogen-bond acceptors (Lipinski definition) is 0. The van der Waals surface area contributed by atoms with Crippen molar-refractivity contribution in [3.63, 3.8) is 0 Å². The first-order valence-corrected chi connectivity index (χ1v) is 6.61. The van der Waals surface area contributed by atoms with Crippen molar-refractivity contribution in [3.8, 4) is 0 Å². The summed E-state index contributed by atoms with van der Waals surface area (Å²) in [6.45, 7) is 2.03. The van der Waals surface area contributed by atoms with Crippen molar-refractivity contribution in [3.05, 3.63) is 40.4 Å². The van der Waals surface area contributed by atoms with Gasteiger partial charge in [-0.3, -0.25) is 0 Å². The van der Waals surface area contributed by atoms with Gasteiger partial charge in [0.2, 0.25) is 0 Å². The second-order valence-electron chi connectivity index (χ2n) is 4.62. The van der Waals surface area contributed by atoms with Gasteiger partial charge in [0.25, 0.3) is 0 Å². The molecule has 0 atom stereocenters. The van der Waals surface area contributed by atoms with E-state index in [1.807, 2.05) is 13.0 Å². The maximum absolute atomic E-state index is 6.36. The van der Waals surface area contributed by atoms with Crippen LogP contribution in [0.3, 0.4) is 0 Å². The van der Waals surface area contributed by atoms with E-state index in [0.717, 1.165) is 5.02 Å². The van der Waals surface area contributed by atoms with Crippen molar-refractivity contribution in [2.24, 2.45) is 0 Å². The normalized spacial score (nSPS) is 18.1. The highest BCUT2D eigenvalue weighted by Crippen LogP contribution is 2.36. The van der Waals surface area contributed by atoms with Crippen molar-refractivity contribution >= 4 is 17.7 Å². The van der Waals surface area contributed by atoms with Gasteiger partial charge in [-0.25, -0.2) is 0 Å². The van der Waals surface area contributed by atoms with E-state index in [9.17, 15) is 0 Å². The van der Waals surface area contributed by atoms with E-state index in [1.165, 1.54) is 43.2 Å². The molecule has 0 N–H and O–H groups in total. The zero-order chi connectivity index (χ0) is 11.4. The molecule has 1 fully saturated rings. The van der Waals surface area contributed by atoms with Crippen LogP contribution in [0.2, 0.25) is 5.02 Å². The topological polar surface area (TPSA) is 0 Å². The zero-order valence-corrected chi connectivity index (χ0v) is 10.6. The SMILES string of the molecule is CC=Cc1ccc(C2CCCCC2)c(Cl)c1. The molecular formula is C15H19Cl. The summed E-state index contributed by atoms with van der Waals surface area (Å²) in [7, 11) is 0. The molecular weight excluding hydrogens is 216 g/mol. The van der Waals surface area contributed by atoms with Gasteiger partial charge in [0.05, 0.1) is 0 Å². The van der Waals surface area contributed by atoms with Gasteiger partial charge >= 0.3 is 0 Å². The lowest BCUT2D eigenvalue weighted by Crippen LogP contribution is -2.05. The van der Waals surface area contributed by atoms with Crippen LogP contribution < -0.4 is 0 Å². The van der Waals surface area contributed by atoms with E-state index in [2.05, 4.69) is 24.3 Å². The van der Waals surface area contributed by atoms with E-state index in [4.69, 9.17) is 11.6 Å². The van der Waals surface area contributed by atoms with E-state index in [1.54, 1.807) is 0 Å². The third-order valence-corrected chi connectivity index (χ3v) is 3.76. The smallest absolute Gasteiger partial charge is 0.0446 e. The molecule has 0 amide bonds. The van der Waals surface area contributed by atoms with Crippen LogP contribution in [-0.4, -0.2) is 0 Å². The summed E-state index contributed by atoms with van der Waals surface area (Å²) in [6.07, 6.45) is 10.9. The minimum absolute atomic E-state index is 0.695. The fraction of sp³-hybridized carbons (Fsp3) is 0.467. The van der Waals surface area contributed by atoms with Crippen LogP contribution in [0.25, 0.3) is 6.08 Å². The summed E-state index contributed by atoms with van der Waals surface area (Å²) in [4.78, 5) is 0. The quantitative estimate of drug-likeness (QED) is 0.641. The van der Waals surface area contributed by atoms with Gasteiger partial charge in [0.1, 0.15) is 0 Å². The van der Waals surface area contributed by atoms with Crippen LogP contribution in [0, 0.1) is 0 Å². The predicted octanol–water partition coefficient (Wildman–Crippen LogP) is 5.42. The number of allylic oxidation sites excluding steroid dienone is 1. The highest BCUT2D eigenvalue weighted by Gasteiger charge is 2.17. The second-order valence-corrected chi connectivity index (χ2v) is 5.02. The lowest BCUT2D eigenvalue weighted by atomic mass is 9.84. The molecule has 1 aromatic carbocycles. The average Bonchev–Trinajstić information content (AvgIpc) is 2.31. The summed E-state index contributed by atoms with van der Waals surface area (Å²) in [5, 5.41) is 0.947. The highest BCUT2D eigenvalue weighted by atomic mass is 35.5. The summed E-state index contributed by atoms with van der Waals surface area (Å²) >= 11 is 6.36. The third-order valence-electron chi connectivity index (χ3n) is 3.43. The molecule has 1 aliphatic carbocycles. The van der Waals surface area contributed by atoms with Crippen LogP contribution in [0.5, 0.6) is 0 Å². The molecule has 1 heteroatoms. The molecule has 0 aliphatic heterocycles. The van der Waals surface area contributed by atoms with Gasteiger partial charge < -0.3 is 0 Å². The Bertz CT molecular complexity index is 373. The molecule has 0 aromatic heterocycles. The summed E-state index contributed by atoms with van der Waals surface area (Å²) in [5.74, 6) is 0.695. The van der Waals surface area contributed by atoms with Gasteiger partial charge in [-0.1, -0.05) is 55.1 Å². The first-order valence-electron chi connectivity index (χ1n) is 6.23. The Kier molecular flexibility index (Phi) is 4.06.